The molecule has 90 valence electrons. The van der Waals surface area contributed by atoms with Gasteiger partial charge >= 0.3 is 0 Å². The number of aryl methyl sites for hydroxylation is 1. The van der Waals surface area contributed by atoms with Gasteiger partial charge in [-0.1, -0.05) is 0 Å². The zero-order chi connectivity index (χ0) is 12.3. The molecule has 7 heteroatoms. The number of thiophene rings is 1. The largest absolute Gasteiger partial charge is 0.364 e. The smallest absolute Gasteiger partial charge is 0.159 e. The summed E-state index contributed by atoms with van der Waals surface area (Å²) in [6.07, 6.45) is 1.46. The first-order chi connectivity index (χ1) is 8.20. The van der Waals surface area contributed by atoms with Gasteiger partial charge in [0.1, 0.15) is 16.6 Å². The third-order valence-corrected chi connectivity index (χ3v) is 3.90. The Balaban J connectivity index is 2.09. The Morgan fingerprint density at radius 1 is 1.35 bits per heavy atom. The number of nitrogen functional groups attached to an aromatic ring is 1. The molecular weight excluding hydrogens is 302 g/mol. The molecule has 5 nitrogen and oxygen atoms in total. The van der Waals surface area contributed by atoms with E-state index in [-0.39, 0.29) is 0 Å². The lowest BCUT2D eigenvalue weighted by Gasteiger charge is -2.08. The third kappa shape index (κ3) is 2.93. The lowest BCUT2D eigenvalue weighted by atomic mass is 10.4. The molecular formula is C10H12BrN5S. The third-order valence-electron chi connectivity index (χ3n) is 2.15. The number of aromatic nitrogens is 2. The Morgan fingerprint density at radius 2 is 2.12 bits per heavy atom. The average molecular weight is 314 g/mol. The first-order valence-corrected chi connectivity index (χ1v) is 6.58. The fraction of sp³-hybridized carbons (Fsp3) is 0.200. The molecule has 0 radical (unpaired) electrons. The van der Waals surface area contributed by atoms with Crippen LogP contribution in [0.1, 0.15) is 9.75 Å². The number of anilines is 2. The van der Waals surface area contributed by atoms with Gasteiger partial charge < -0.3 is 10.7 Å². The van der Waals surface area contributed by atoms with E-state index in [1.54, 1.807) is 11.3 Å². The molecule has 0 aliphatic heterocycles. The van der Waals surface area contributed by atoms with E-state index >= 15 is 0 Å². The van der Waals surface area contributed by atoms with Gasteiger partial charge in [-0.25, -0.2) is 15.8 Å². The van der Waals surface area contributed by atoms with Crippen LogP contribution in [0.4, 0.5) is 11.6 Å². The number of hydrogen-bond donors (Lipinski definition) is 3. The molecule has 2 aromatic rings. The molecule has 0 amide bonds. The SMILES string of the molecule is Cc1ccc(CNc2ncnc(NN)c2Br)s1. The Morgan fingerprint density at radius 3 is 2.76 bits per heavy atom. The molecule has 0 atom stereocenters. The monoisotopic (exact) mass is 313 g/mol. The van der Waals surface area contributed by atoms with Gasteiger partial charge in [0.05, 0.1) is 6.54 Å². The van der Waals surface area contributed by atoms with Crippen molar-refractivity contribution in [2.45, 2.75) is 13.5 Å². The van der Waals surface area contributed by atoms with Gasteiger partial charge in [-0.15, -0.1) is 11.3 Å². The number of hydrogen-bond acceptors (Lipinski definition) is 6. The Hall–Kier alpha value is -1.18. The summed E-state index contributed by atoms with van der Waals surface area (Å²) in [7, 11) is 0. The molecule has 0 aromatic carbocycles. The highest BCUT2D eigenvalue weighted by atomic mass is 79.9. The van der Waals surface area contributed by atoms with Gasteiger partial charge in [-0.05, 0) is 35.0 Å². The van der Waals surface area contributed by atoms with Crippen molar-refractivity contribution in [2.75, 3.05) is 10.7 Å². The van der Waals surface area contributed by atoms with Gasteiger partial charge in [0.2, 0.25) is 0 Å². The number of rotatable bonds is 4. The maximum absolute atomic E-state index is 5.33. The first kappa shape index (κ1) is 12.3. The van der Waals surface area contributed by atoms with Crippen LogP contribution in [0, 0.1) is 6.92 Å². The van der Waals surface area contributed by atoms with Crippen molar-refractivity contribution in [1.29, 1.82) is 0 Å². The van der Waals surface area contributed by atoms with E-state index in [1.807, 2.05) is 0 Å². The summed E-state index contributed by atoms with van der Waals surface area (Å²) < 4.78 is 0.732. The highest BCUT2D eigenvalue weighted by molar-refractivity contribution is 9.10. The Bertz CT molecular complexity index is 513. The molecule has 0 saturated carbocycles. The maximum atomic E-state index is 5.33. The molecule has 0 unspecified atom stereocenters. The second-order valence-corrected chi connectivity index (χ2v) is 5.56. The van der Waals surface area contributed by atoms with Crippen LogP contribution in [0.15, 0.2) is 22.9 Å². The maximum Gasteiger partial charge on any atom is 0.159 e. The number of halogens is 1. The predicted molar refractivity (Wildman–Crippen MR) is 73.9 cm³/mol. The number of nitrogens with zero attached hydrogens (tertiary/aromatic N) is 2. The molecule has 0 bridgehead atoms. The van der Waals surface area contributed by atoms with Crippen molar-refractivity contribution >= 4 is 38.9 Å². The van der Waals surface area contributed by atoms with Crippen LogP contribution in [-0.2, 0) is 6.54 Å². The molecule has 0 aliphatic carbocycles. The van der Waals surface area contributed by atoms with Crippen molar-refractivity contribution in [3.05, 3.63) is 32.7 Å². The van der Waals surface area contributed by atoms with Gasteiger partial charge in [0.15, 0.2) is 5.82 Å². The molecule has 4 N–H and O–H groups in total. The minimum atomic E-state index is 0.560. The molecule has 0 saturated heterocycles. The normalized spacial score (nSPS) is 10.3. The summed E-state index contributed by atoms with van der Waals surface area (Å²) in [4.78, 5) is 10.7. The van der Waals surface area contributed by atoms with E-state index in [0.717, 1.165) is 16.8 Å². The second kappa shape index (κ2) is 5.44. The van der Waals surface area contributed by atoms with E-state index in [1.165, 1.54) is 16.1 Å². The molecule has 17 heavy (non-hydrogen) atoms. The first-order valence-electron chi connectivity index (χ1n) is 4.97. The lowest BCUT2D eigenvalue weighted by molar-refractivity contribution is 1.08. The second-order valence-electron chi connectivity index (χ2n) is 3.40. The molecule has 2 aromatic heterocycles. The quantitative estimate of drug-likeness (QED) is 0.597. The highest BCUT2D eigenvalue weighted by Crippen LogP contribution is 2.26. The topological polar surface area (TPSA) is 75.9 Å². The zero-order valence-corrected chi connectivity index (χ0v) is 11.6. The average Bonchev–Trinajstić information content (AvgIpc) is 2.74. The standard InChI is InChI=1S/C10H12BrN5S/c1-6-2-3-7(17-6)4-13-9-8(11)10(16-12)15-5-14-9/h2-3,5H,4,12H2,1H3,(H2,13,14,15,16). The van der Waals surface area contributed by atoms with Gasteiger partial charge in [0, 0.05) is 9.75 Å². The summed E-state index contributed by atoms with van der Waals surface area (Å²) in [6.45, 7) is 2.82. The summed E-state index contributed by atoms with van der Waals surface area (Å²) in [6, 6.07) is 4.20. The Labute approximate surface area is 112 Å². The summed E-state index contributed by atoms with van der Waals surface area (Å²) in [5.41, 5.74) is 2.50. The number of nitrogens with one attached hydrogen (secondary N) is 2. The van der Waals surface area contributed by atoms with Crippen LogP contribution in [0.2, 0.25) is 0 Å². The summed E-state index contributed by atoms with van der Waals surface area (Å²) >= 11 is 5.15. The van der Waals surface area contributed by atoms with Crippen molar-refractivity contribution in [2.24, 2.45) is 5.84 Å². The molecule has 0 spiro atoms. The fourth-order valence-electron chi connectivity index (χ4n) is 1.34. The lowest BCUT2D eigenvalue weighted by Crippen LogP contribution is -2.11. The van der Waals surface area contributed by atoms with Gasteiger partial charge in [-0.2, -0.15) is 0 Å². The van der Waals surface area contributed by atoms with Crippen molar-refractivity contribution in [3.63, 3.8) is 0 Å². The highest BCUT2D eigenvalue weighted by Gasteiger charge is 2.07. The van der Waals surface area contributed by atoms with Crippen LogP contribution < -0.4 is 16.6 Å². The minimum absolute atomic E-state index is 0.560. The van der Waals surface area contributed by atoms with Crippen LogP contribution in [0.3, 0.4) is 0 Å². The molecule has 0 fully saturated rings. The van der Waals surface area contributed by atoms with E-state index < -0.39 is 0 Å². The van der Waals surface area contributed by atoms with E-state index in [4.69, 9.17) is 5.84 Å². The zero-order valence-electron chi connectivity index (χ0n) is 9.20. The summed E-state index contributed by atoms with van der Waals surface area (Å²) in [5.74, 6) is 6.62. The molecule has 0 aliphatic rings. The van der Waals surface area contributed by atoms with Crippen LogP contribution >= 0.6 is 27.3 Å². The van der Waals surface area contributed by atoms with Crippen molar-refractivity contribution < 1.29 is 0 Å². The van der Waals surface area contributed by atoms with Crippen LogP contribution in [-0.4, -0.2) is 9.97 Å². The van der Waals surface area contributed by atoms with Gasteiger partial charge in [0.25, 0.3) is 0 Å². The molecule has 2 heterocycles. The van der Waals surface area contributed by atoms with E-state index in [0.29, 0.717) is 5.82 Å². The fourth-order valence-corrected chi connectivity index (χ4v) is 2.63. The summed E-state index contributed by atoms with van der Waals surface area (Å²) in [5, 5.41) is 3.23. The van der Waals surface area contributed by atoms with Crippen LogP contribution in [0.5, 0.6) is 0 Å². The van der Waals surface area contributed by atoms with Crippen LogP contribution in [0.25, 0.3) is 0 Å². The van der Waals surface area contributed by atoms with E-state index in [2.05, 4.69) is 55.7 Å². The predicted octanol–water partition coefficient (Wildman–Crippen LogP) is 2.51. The molecule has 2 rings (SSSR count). The number of nitrogens with two attached hydrogens (primary N) is 1. The minimum Gasteiger partial charge on any atom is -0.364 e. The van der Waals surface area contributed by atoms with Crippen molar-refractivity contribution in [3.8, 4) is 0 Å². The number of hydrazine groups is 1. The van der Waals surface area contributed by atoms with Gasteiger partial charge in [-0.3, -0.25) is 0 Å². The van der Waals surface area contributed by atoms with Crippen molar-refractivity contribution in [1.82, 2.24) is 9.97 Å². The van der Waals surface area contributed by atoms with E-state index in [9.17, 15) is 0 Å². The Kier molecular flexibility index (Phi) is 3.93.